The SMILES string of the molecule is CN(CCN1CCC(N(C(=O)O)c2ccccc2-c2ccccc2)CC1)C(=O)CCCCCN(C)c1ccc(C(=O)N(C)CCCN(C)C(=O)CO[C@H]2Cc3ccccc3C23CCN(CC[C@]2(c4ccc(F)cc4)CN(C(=O)c4cc(C(F)(F)F)cc(C(F)(F)F)c4)CO2)CC3)s1. The number of alkyl halides is 6. The minimum absolute atomic E-state index is 0.0286. The van der Waals surface area contributed by atoms with Crippen LogP contribution in [-0.4, -0.2) is 190 Å². The van der Waals surface area contributed by atoms with Crippen LogP contribution in [0.4, 0.5) is 46.2 Å². The van der Waals surface area contributed by atoms with Gasteiger partial charge in [0.15, 0.2) is 0 Å². The number of carbonyl (C=O) groups excluding carboxylic acids is 4. The molecule has 3 aliphatic heterocycles. The van der Waals surface area contributed by atoms with Gasteiger partial charge in [-0.05, 0) is 142 Å². The van der Waals surface area contributed by atoms with Crippen molar-refractivity contribution < 1.29 is 69.3 Å². The second-order valence-corrected chi connectivity index (χ2v) is 27.2. The number of amides is 5. The molecule has 3 fully saturated rings. The van der Waals surface area contributed by atoms with E-state index in [4.69, 9.17) is 9.47 Å². The van der Waals surface area contributed by atoms with Gasteiger partial charge in [-0.25, -0.2) is 9.18 Å². The summed E-state index contributed by atoms with van der Waals surface area (Å²) in [5.41, 5.74) is -0.345. The normalized spacial score (nSPS) is 18.3. The average molecular weight is 1370 g/mol. The van der Waals surface area contributed by atoms with Crippen LogP contribution in [0.1, 0.15) is 112 Å². The van der Waals surface area contributed by atoms with Gasteiger partial charge in [0.2, 0.25) is 11.8 Å². The van der Waals surface area contributed by atoms with Crippen molar-refractivity contribution in [1.29, 1.82) is 0 Å². The Balaban J connectivity index is 0.625. The molecule has 10 rings (SSSR count). The third kappa shape index (κ3) is 17.3. The summed E-state index contributed by atoms with van der Waals surface area (Å²) in [6, 6.07) is 35.5. The molecule has 4 heterocycles. The van der Waals surface area contributed by atoms with Crippen LogP contribution in [-0.2, 0) is 48.9 Å². The highest BCUT2D eigenvalue weighted by Gasteiger charge is 2.50. The third-order valence-corrected chi connectivity index (χ3v) is 21.1. The number of likely N-dealkylation sites (tertiary alicyclic amines) is 2. The predicted molar refractivity (Wildman–Crippen MR) is 358 cm³/mol. The highest BCUT2D eigenvalue weighted by molar-refractivity contribution is 7.18. The van der Waals surface area contributed by atoms with E-state index in [0.717, 1.165) is 77.6 Å². The van der Waals surface area contributed by atoms with Gasteiger partial charge in [0.25, 0.3) is 11.8 Å². The van der Waals surface area contributed by atoms with Crippen LogP contribution in [0, 0.1) is 5.82 Å². The van der Waals surface area contributed by atoms with Crippen molar-refractivity contribution in [2.75, 3.05) is 123 Å². The number of carbonyl (C=O) groups is 5. The van der Waals surface area contributed by atoms with Crippen LogP contribution in [0.3, 0.4) is 0 Å². The fourth-order valence-corrected chi connectivity index (χ4v) is 15.1. The van der Waals surface area contributed by atoms with Crippen LogP contribution in [0.2, 0.25) is 0 Å². The van der Waals surface area contributed by atoms with E-state index >= 15 is 0 Å². The molecule has 0 radical (unpaired) electrons. The van der Waals surface area contributed by atoms with Gasteiger partial charge in [0.1, 0.15) is 24.8 Å². The fourth-order valence-electron chi connectivity index (χ4n) is 14.1. The molecule has 3 saturated heterocycles. The number of hydrogen-bond donors (Lipinski definition) is 1. The number of rotatable bonds is 26. The molecule has 97 heavy (non-hydrogen) atoms. The van der Waals surface area contributed by atoms with Gasteiger partial charge in [0, 0.05) is 110 Å². The van der Waals surface area contributed by atoms with E-state index in [1.54, 1.807) is 28.8 Å². The summed E-state index contributed by atoms with van der Waals surface area (Å²) in [6.45, 7) is 5.22. The Bertz CT molecular complexity index is 3660. The molecule has 1 spiro atoms. The summed E-state index contributed by atoms with van der Waals surface area (Å²) in [7, 11) is 7.32. The molecule has 520 valence electrons. The molecule has 5 amide bonds. The van der Waals surface area contributed by atoms with E-state index < -0.39 is 64.6 Å². The van der Waals surface area contributed by atoms with E-state index in [1.807, 2.05) is 93.0 Å². The Morgan fingerprint density at radius 3 is 2.00 bits per heavy atom. The first-order valence-corrected chi connectivity index (χ1v) is 34.0. The van der Waals surface area contributed by atoms with E-state index in [2.05, 4.69) is 26.8 Å². The second-order valence-electron chi connectivity index (χ2n) is 26.2. The van der Waals surface area contributed by atoms with Gasteiger partial charge < -0.3 is 48.9 Å². The van der Waals surface area contributed by atoms with Crippen LogP contribution in [0.15, 0.2) is 133 Å². The first-order chi connectivity index (χ1) is 46.3. The highest BCUT2D eigenvalue weighted by Crippen LogP contribution is 2.49. The number of anilines is 2. The van der Waals surface area contributed by atoms with Crippen molar-refractivity contribution in [3.05, 3.63) is 178 Å². The summed E-state index contributed by atoms with van der Waals surface area (Å²) in [5.74, 6) is -1.81. The molecule has 1 aliphatic carbocycles. The summed E-state index contributed by atoms with van der Waals surface area (Å²) >= 11 is 1.43. The Labute approximate surface area is 566 Å². The lowest BCUT2D eigenvalue weighted by molar-refractivity contribution is -0.143. The lowest BCUT2D eigenvalue weighted by Gasteiger charge is -2.44. The number of nitrogens with zero attached hydrogens (tertiary/aromatic N) is 8. The van der Waals surface area contributed by atoms with Crippen LogP contribution >= 0.6 is 11.3 Å². The fraction of sp³-hybridized carbons (Fsp3) is 0.466. The number of thiophene rings is 1. The van der Waals surface area contributed by atoms with Crippen molar-refractivity contribution in [1.82, 2.24) is 29.4 Å². The van der Waals surface area contributed by atoms with Gasteiger partial charge in [-0.1, -0.05) is 91.3 Å². The Morgan fingerprint density at radius 1 is 0.670 bits per heavy atom. The van der Waals surface area contributed by atoms with Crippen LogP contribution in [0.25, 0.3) is 11.1 Å². The molecule has 1 aromatic heterocycles. The monoisotopic (exact) mass is 1370 g/mol. The molecular formula is C73H85F7N8O8S. The highest BCUT2D eigenvalue weighted by atomic mass is 32.1. The molecule has 6 aromatic rings. The lowest BCUT2D eigenvalue weighted by Crippen LogP contribution is -2.50. The van der Waals surface area contributed by atoms with Gasteiger partial charge in [-0.15, -0.1) is 11.3 Å². The summed E-state index contributed by atoms with van der Waals surface area (Å²) in [6.07, 6.45) is -4.46. The van der Waals surface area contributed by atoms with Crippen LogP contribution in [0.5, 0.6) is 0 Å². The predicted octanol–water partition coefficient (Wildman–Crippen LogP) is 13.0. The molecule has 4 aliphatic rings. The van der Waals surface area contributed by atoms with Gasteiger partial charge in [0.05, 0.1) is 39.3 Å². The first kappa shape index (κ1) is 71.9. The number of halogens is 7. The summed E-state index contributed by atoms with van der Waals surface area (Å²) in [5, 5.41) is 11.3. The van der Waals surface area contributed by atoms with Crippen molar-refractivity contribution in [3.63, 3.8) is 0 Å². The van der Waals surface area contributed by atoms with E-state index in [1.165, 1.54) is 40.5 Å². The van der Waals surface area contributed by atoms with Gasteiger partial charge in [-0.3, -0.25) is 24.1 Å². The largest absolute Gasteiger partial charge is 0.465 e. The number of piperidine rings is 2. The number of hydrogen-bond acceptors (Lipinski definition) is 11. The quantitative estimate of drug-likeness (QED) is 0.0408. The molecule has 2 atom stereocenters. The number of fused-ring (bicyclic) bond motifs is 2. The Morgan fingerprint density at radius 2 is 1.31 bits per heavy atom. The molecule has 0 unspecified atom stereocenters. The number of likely N-dealkylation sites (N-methyl/N-ethyl adjacent to an activating group) is 2. The van der Waals surface area contributed by atoms with Gasteiger partial charge in [-0.2, -0.15) is 26.3 Å². The average Bonchev–Trinajstić information content (AvgIpc) is 1.62. The molecule has 24 heteroatoms. The molecular weight excluding hydrogens is 1280 g/mol. The zero-order valence-corrected chi connectivity index (χ0v) is 56.1. The van der Waals surface area contributed by atoms with E-state index in [0.29, 0.717) is 112 Å². The Hall–Kier alpha value is -7.90. The molecule has 0 bridgehead atoms. The Kier molecular flexibility index (Phi) is 23.2. The lowest BCUT2D eigenvalue weighted by atomic mass is 9.72. The minimum atomic E-state index is -5.15. The summed E-state index contributed by atoms with van der Waals surface area (Å²) in [4.78, 5) is 81.8. The number of ether oxygens (including phenoxy) is 2. The smallest absolute Gasteiger partial charge is 0.416 e. The molecule has 0 saturated carbocycles. The maximum absolute atomic E-state index is 14.3. The zero-order valence-electron chi connectivity index (χ0n) is 55.3. The minimum Gasteiger partial charge on any atom is -0.465 e. The zero-order chi connectivity index (χ0) is 69.2. The van der Waals surface area contributed by atoms with Crippen LogP contribution < -0.4 is 9.80 Å². The molecule has 1 N–H and O–H groups in total. The topological polar surface area (TPSA) is 150 Å². The van der Waals surface area contributed by atoms with Crippen molar-refractivity contribution in [2.24, 2.45) is 0 Å². The third-order valence-electron chi connectivity index (χ3n) is 19.9. The number of unbranched alkanes of at least 4 members (excludes halogenated alkanes) is 2. The van der Waals surface area contributed by atoms with Crippen molar-refractivity contribution >= 4 is 51.7 Å². The molecule has 16 nitrogen and oxygen atoms in total. The second kappa shape index (κ2) is 31.3. The summed E-state index contributed by atoms with van der Waals surface area (Å²) < 4.78 is 110. The van der Waals surface area contributed by atoms with E-state index in [9.17, 15) is 59.8 Å². The van der Waals surface area contributed by atoms with E-state index in [-0.39, 0.29) is 55.5 Å². The number of carboxylic acid groups (broad SMARTS) is 1. The van der Waals surface area contributed by atoms with Crippen molar-refractivity contribution in [2.45, 2.75) is 106 Å². The number of para-hydroxylation sites is 1. The maximum Gasteiger partial charge on any atom is 0.416 e. The molecule has 5 aromatic carbocycles. The van der Waals surface area contributed by atoms with Crippen molar-refractivity contribution in [3.8, 4) is 11.1 Å². The maximum atomic E-state index is 14.3. The van der Waals surface area contributed by atoms with Gasteiger partial charge >= 0.3 is 18.4 Å². The standard InChI is InChI=1S/C73H85F7N8O8S/c1-81(35-15-36-84(4)68(92)62-27-28-66(97-62)83(3)34-14-6-9-22-64(89)82(2)42-43-85-37-29-58(30-38-85)88(69(93)94)61-21-13-11-19-59(61)51-16-7-5-8-17-51)65(90)48-95-63-46-52-18-10-12-20-60(52)70(63)31-39-86(40-32-70)41-33-71(54-23-25-57(74)26-24-54)49-87(50-96-71)67(91)53-44-55(72(75,76)77)47-56(45-53)73(78,79)80/h5,7-8,10-13,16-21,23-28,44-45,47,58,63H,6,9,14-15,22,29-43,46,48-50H2,1-4H3,(H,93,94)/t63-,71+/m0/s1. The first-order valence-electron chi connectivity index (χ1n) is 33.2. The number of benzene rings is 5.